The fraction of sp³-hybridized carbons (Fsp3) is 0.474. The summed E-state index contributed by atoms with van der Waals surface area (Å²) in [5.41, 5.74) is 3.41. The largest absolute Gasteiger partial charge is 0.494 e. The van der Waals surface area contributed by atoms with E-state index >= 15 is 0 Å². The maximum absolute atomic E-state index is 5.59. The highest BCUT2D eigenvalue weighted by Crippen LogP contribution is 2.19. The molecule has 144 valence electrons. The zero-order valence-electron chi connectivity index (χ0n) is 16.2. The SMILES string of the molecule is CCNC(=NCc1ccc(OCC)c(C)c1)NCc1nc(C)c(C)s1.I. The van der Waals surface area contributed by atoms with E-state index in [1.165, 1.54) is 10.4 Å². The predicted octanol–water partition coefficient (Wildman–Crippen LogP) is 4.34. The van der Waals surface area contributed by atoms with Gasteiger partial charge in [0, 0.05) is 11.4 Å². The molecule has 2 rings (SSSR count). The van der Waals surface area contributed by atoms with Crippen LogP contribution in [0.25, 0.3) is 0 Å². The van der Waals surface area contributed by atoms with E-state index < -0.39 is 0 Å². The summed E-state index contributed by atoms with van der Waals surface area (Å²) in [5.74, 6) is 1.74. The fourth-order valence-corrected chi connectivity index (χ4v) is 3.29. The quantitative estimate of drug-likeness (QED) is 0.346. The third-order valence-corrected chi connectivity index (χ3v) is 4.86. The molecule has 0 bridgehead atoms. The van der Waals surface area contributed by atoms with Crippen molar-refractivity contribution >= 4 is 41.3 Å². The van der Waals surface area contributed by atoms with Gasteiger partial charge < -0.3 is 15.4 Å². The number of ether oxygens (including phenoxy) is 1. The van der Waals surface area contributed by atoms with Gasteiger partial charge in [-0.05, 0) is 51.8 Å². The summed E-state index contributed by atoms with van der Waals surface area (Å²) in [4.78, 5) is 10.5. The van der Waals surface area contributed by atoms with Crippen molar-refractivity contribution < 1.29 is 4.74 Å². The summed E-state index contributed by atoms with van der Waals surface area (Å²) in [6, 6.07) is 6.22. The molecule has 1 aromatic carbocycles. The third kappa shape index (κ3) is 6.75. The molecule has 1 aromatic heterocycles. The molecule has 0 aliphatic heterocycles. The lowest BCUT2D eigenvalue weighted by atomic mass is 10.1. The van der Waals surface area contributed by atoms with E-state index in [9.17, 15) is 0 Å². The molecule has 26 heavy (non-hydrogen) atoms. The van der Waals surface area contributed by atoms with Gasteiger partial charge in [-0.2, -0.15) is 0 Å². The van der Waals surface area contributed by atoms with E-state index in [1.807, 2.05) is 19.9 Å². The van der Waals surface area contributed by atoms with Crippen molar-refractivity contribution in [2.75, 3.05) is 13.2 Å². The highest BCUT2D eigenvalue weighted by Gasteiger charge is 2.05. The molecule has 0 unspecified atom stereocenters. The van der Waals surface area contributed by atoms with E-state index in [2.05, 4.69) is 53.5 Å². The number of benzene rings is 1. The van der Waals surface area contributed by atoms with Crippen LogP contribution in [0.1, 0.15) is 40.6 Å². The van der Waals surface area contributed by atoms with Gasteiger partial charge in [0.1, 0.15) is 10.8 Å². The highest BCUT2D eigenvalue weighted by molar-refractivity contribution is 14.0. The third-order valence-electron chi connectivity index (χ3n) is 3.78. The van der Waals surface area contributed by atoms with Gasteiger partial charge in [0.2, 0.25) is 0 Å². The number of aryl methyl sites for hydroxylation is 3. The van der Waals surface area contributed by atoms with Crippen LogP contribution < -0.4 is 15.4 Å². The van der Waals surface area contributed by atoms with E-state index in [0.29, 0.717) is 19.7 Å². The van der Waals surface area contributed by atoms with Gasteiger partial charge in [0.15, 0.2) is 5.96 Å². The highest BCUT2D eigenvalue weighted by atomic mass is 127. The zero-order valence-corrected chi connectivity index (χ0v) is 19.3. The minimum atomic E-state index is 0. The first-order chi connectivity index (χ1) is 12.0. The number of guanidine groups is 1. The molecule has 0 saturated heterocycles. The Balaban J connectivity index is 0.00000338. The Hall–Kier alpha value is -1.35. The molecule has 2 aromatic rings. The molecule has 0 fully saturated rings. The van der Waals surface area contributed by atoms with Crippen LogP contribution in [0.3, 0.4) is 0 Å². The van der Waals surface area contributed by atoms with Crippen LogP contribution in [-0.4, -0.2) is 24.1 Å². The number of nitrogens with zero attached hydrogens (tertiary/aromatic N) is 2. The van der Waals surface area contributed by atoms with Crippen molar-refractivity contribution in [3.05, 3.63) is 44.9 Å². The van der Waals surface area contributed by atoms with Crippen LogP contribution in [0, 0.1) is 20.8 Å². The van der Waals surface area contributed by atoms with E-state index in [1.54, 1.807) is 11.3 Å². The van der Waals surface area contributed by atoms with E-state index in [0.717, 1.165) is 34.5 Å². The van der Waals surface area contributed by atoms with Gasteiger partial charge in [0.05, 0.1) is 25.4 Å². The van der Waals surface area contributed by atoms with E-state index in [4.69, 9.17) is 4.74 Å². The van der Waals surface area contributed by atoms with Crippen molar-refractivity contribution in [1.29, 1.82) is 0 Å². The first-order valence-corrected chi connectivity index (χ1v) is 9.52. The Labute approximate surface area is 177 Å². The molecule has 0 saturated carbocycles. The summed E-state index contributed by atoms with van der Waals surface area (Å²) >= 11 is 1.73. The summed E-state index contributed by atoms with van der Waals surface area (Å²) in [6.07, 6.45) is 0. The first-order valence-electron chi connectivity index (χ1n) is 8.70. The van der Waals surface area contributed by atoms with Crippen LogP contribution in [-0.2, 0) is 13.1 Å². The molecule has 7 heteroatoms. The Kier molecular flexibility index (Phi) is 9.93. The molecule has 1 heterocycles. The Morgan fingerprint density at radius 2 is 1.96 bits per heavy atom. The Morgan fingerprint density at radius 3 is 2.54 bits per heavy atom. The number of halogens is 1. The topological polar surface area (TPSA) is 58.5 Å². The normalized spacial score (nSPS) is 11.0. The summed E-state index contributed by atoms with van der Waals surface area (Å²) in [6.45, 7) is 13.1. The fourth-order valence-electron chi connectivity index (χ4n) is 2.41. The van der Waals surface area contributed by atoms with Crippen molar-refractivity contribution in [1.82, 2.24) is 15.6 Å². The molecular weight excluding hydrogens is 459 g/mol. The number of hydrogen-bond donors (Lipinski definition) is 2. The van der Waals surface area contributed by atoms with Crippen LogP contribution in [0.4, 0.5) is 0 Å². The summed E-state index contributed by atoms with van der Waals surface area (Å²) in [7, 11) is 0. The molecule has 0 aliphatic carbocycles. The second-order valence-corrected chi connectivity index (χ2v) is 7.12. The Bertz CT molecular complexity index is 711. The van der Waals surface area contributed by atoms with Gasteiger partial charge in [-0.15, -0.1) is 35.3 Å². The second-order valence-electron chi connectivity index (χ2n) is 5.83. The summed E-state index contributed by atoms with van der Waals surface area (Å²) < 4.78 is 5.59. The summed E-state index contributed by atoms with van der Waals surface area (Å²) in [5, 5.41) is 7.72. The van der Waals surface area contributed by atoms with E-state index in [-0.39, 0.29) is 24.0 Å². The second kappa shape index (κ2) is 11.4. The smallest absolute Gasteiger partial charge is 0.191 e. The van der Waals surface area contributed by atoms with Gasteiger partial charge >= 0.3 is 0 Å². The zero-order chi connectivity index (χ0) is 18.2. The van der Waals surface area contributed by atoms with Crippen molar-refractivity contribution in [2.24, 2.45) is 4.99 Å². The average molecular weight is 488 g/mol. The van der Waals surface area contributed by atoms with Crippen LogP contribution >= 0.6 is 35.3 Å². The Morgan fingerprint density at radius 1 is 1.19 bits per heavy atom. The first kappa shape index (κ1) is 22.7. The average Bonchev–Trinajstić information content (AvgIpc) is 2.91. The molecule has 5 nitrogen and oxygen atoms in total. The maximum Gasteiger partial charge on any atom is 0.191 e. The minimum absolute atomic E-state index is 0. The minimum Gasteiger partial charge on any atom is -0.494 e. The van der Waals surface area contributed by atoms with Gasteiger partial charge in [-0.25, -0.2) is 9.98 Å². The number of hydrogen-bond acceptors (Lipinski definition) is 4. The molecule has 0 amide bonds. The van der Waals surface area contributed by atoms with Crippen molar-refractivity contribution in [3.63, 3.8) is 0 Å². The van der Waals surface area contributed by atoms with Crippen LogP contribution in [0.5, 0.6) is 5.75 Å². The molecule has 0 spiro atoms. The molecule has 0 aliphatic rings. The lowest BCUT2D eigenvalue weighted by Crippen LogP contribution is -2.36. The predicted molar refractivity (Wildman–Crippen MR) is 121 cm³/mol. The van der Waals surface area contributed by atoms with Gasteiger partial charge in [-0.1, -0.05) is 12.1 Å². The standard InChI is InChI=1S/C19H28N4OS.HI/c1-6-20-19(22-12-18-23-14(4)15(5)25-18)21-11-16-8-9-17(24-7-2)13(3)10-16;/h8-10H,6-7,11-12H2,1-5H3,(H2,20,21,22);1H. The molecule has 0 atom stereocenters. The number of nitrogens with one attached hydrogen (secondary N) is 2. The maximum atomic E-state index is 5.59. The van der Waals surface area contributed by atoms with Crippen LogP contribution in [0.15, 0.2) is 23.2 Å². The lowest BCUT2D eigenvalue weighted by Gasteiger charge is -2.11. The van der Waals surface area contributed by atoms with Gasteiger partial charge in [-0.3, -0.25) is 0 Å². The van der Waals surface area contributed by atoms with Crippen molar-refractivity contribution in [2.45, 2.75) is 47.7 Å². The molecular formula is C19H29IN4OS. The van der Waals surface area contributed by atoms with Crippen LogP contribution in [0.2, 0.25) is 0 Å². The number of thiazole rings is 1. The molecule has 2 N–H and O–H groups in total. The lowest BCUT2D eigenvalue weighted by molar-refractivity contribution is 0.338. The number of aromatic nitrogens is 1. The molecule has 0 radical (unpaired) electrons. The monoisotopic (exact) mass is 488 g/mol. The van der Waals surface area contributed by atoms with Gasteiger partial charge in [0.25, 0.3) is 0 Å². The number of rotatable bonds is 7. The number of aliphatic imine (C=N–C) groups is 1. The van der Waals surface area contributed by atoms with Crippen molar-refractivity contribution in [3.8, 4) is 5.75 Å².